The molecule has 0 saturated carbocycles. The summed E-state index contributed by atoms with van der Waals surface area (Å²) in [5.41, 5.74) is 3.85. The number of rotatable bonds is 6. The number of thiazole rings is 1. The molecule has 0 atom stereocenters. The van der Waals surface area contributed by atoms with Gasteiger partial charge in [-0.05, 0) is 59.7 Å². The third kappa shape index (κ3) is 3.40. The number of fused-ring (bicyclic) bond motifs is 2. The standard InChI is InChI=1S/C23H20N2OS2/c26-20(10-5-13-27-17-7-2-1-3-8-17)24-23-25-22-18-9-4-6-15-11-12-16(21(15)18)14-19(22)28-23/h1-4,6-9,14H,5,10-13H2,(H,24,25,26). The quantitative estimate of drug-likeness (QED) is 0.314. The van der Waals surface area contributed by atoms with Gasteiger partial charge in [-0.15, -0.1) is 11.8 Å². The zero-order chi connectivity index (χ0) is 18.9. The molecule has 1 aliphatic rings. The number of hydrogen-bond donors (Lipinski definition) is 1. The van der Waals surface area contributed by atoms with Crippen LogP contribution in [0.25, 0.3) is 21.0 Å². The van der Waals surface area contributed by atoms with Crippen molar-refractivity contribution in [1.82, 2.24) is 4.98 Å². The van der Waals surface area contributed by atoms with Gasteiger partial charge >= 0.3 is 0 Å². The van der Waals surface area contributed by atoms with Crippen molar-refractivity contribution in [3.05, 3.63) is 65.7 Å². The third-order valence-corrected chi connectivity index (χ3v) is 7.17. The number of thioether (sulfide) groups is 1. The smallest absolute Gasteiger partial charge is 0.226 e. The highest BCUT2D eigenvalue weighted by molar-refractivity contribution is 7.99. The summed E-state index contributed by atoms with van der Waals surface area (Å²) in [6.07, 6.45) is 3.59. The fourth-order valence-electron chi connectivity index (χ4n) is 3.88. The van der Waals surface area contributed by atoms with Gasteiger partial charge < -0.3 is 5.32 Å². The van der Waals surface area contributed by atoms with Crippen LogP contribution in [0.4, 0.5) is 5.13 Å². The molecule has 140 valence electrons. The van der Waals surface area contributed by atoms with Gasteiger partial charge in [-0.1, -0.05) is 47.7 Å². The third-order valence-electron chi connectivity index (χ3n) is 5.16. The van der Waals surface area contributed by atoms with E-state index in [0.29, 0.717) is 11.6 Å². The minimum Gasteiger partial charge on any atom is -0.302 e. The maximum atomic E-state index is 12.3. The molecule has 0 radical (unpaired) electrons. The lowest BCUT2D eigenvalue weighted by molar-refractivity contribution is -0.116. The van der Waals surface area contributed by atoms with Crippen molar-refractivity contribution in [1.29, 1.82) is 0 Å². The molecule has 3 aromatic carbocycles. The Balaban J connectivity index is 1.26. The first-order chi connectivity index (χ1) is 13.8. The van der Waals surface area contributed by atoms with Gasteiger partial charge in [0.2, 0.25) is 5.91 Å². The second-order valence-corrected chi connectivity index (χ2v) is 9.25. The molecule has 0 aliphatic heterocycles. The first kappa shape index (κ1) is 17.7. The zero-order valence-electron chi connectivity index (χ0n) is 15.4. The van der Waals surface area contributed by atoms with Crippen LogP contribution in [-0.4, -0.2) is 16.6 Å². The van der Waals surface area contributed by atoms with Crippen LogP contribution in [0.15, 0.2) is 59.5 Å². The summed E-state index contributed by atoms with van der Waals surface area (Å²) in [6, 6.07) is 19.1. The van der Waals surface area contributed by atoms with Crippen LogP contribution in [0.5, 0.6) is 0 Å². The molecule has 1 heterocycles. The highest BCUT2D eigenvalue weighted by Gasteiger charge is 2.18. The minimum atomic E-state index is 0.0463. The van der Waals surface area contributed by atoms with Crippen LogP contribution in [0, 0.1) is 0 Å². The van der Waals surface area contributed by atoms with E-state index in [9.17, 15) is 4.79 Å². The summed E-state index contributed by atoms with van der Waals surface area (Å²) in [5.74, 6) is 0.985. The fourth-order valence-corrected chi connectivity index (χ4v) is 5.72. The van der Waals surface area contributed by atoms with Crippen molar-refractivity contribution in [3.8, 4) is 0 Å². The second-order valence-electron chi connectivity index (χ2n) is 7.05. The molecule has 0 unspecified atom stereocenters. The summed E-state index contributed by atoms with van der Waals surface area (Å²) in [5, 5.41) is 6.31. The molecular weight excluding hydrogens is 384 g/mol. The van der Waals surface area contributed by atoms with Crippen molar-refractivity contribution in [2.45, 2.75) is 30.6 Å². The van der Waals surface area contributed by atoms with Gasteiger partial charge in [0.25, 0.3) is 0 Å². The van der Waals surface area contributed by atoms with Crippen molar-refractivity contribution in [3.63, 3.8) is 0 Å². The van der Waals surface area contributed by atoms with E-state index in [-0.39, 0.29) is 5.91 Å². The molecule has 1 amide bonds. The van der Waals surface area contributed by atoms with Crippen LogP contribution in [0.1, 0.15) is 24.0 Å². The first-order valence-corrected chi connectivity index (χ1v) is 11.4. The number of carbonyl (C=O) groups is 1. The maximum Gasteiger partial charge on any atom is 0.226 e. The Morgan fingerprint density at radius 2 is 1.93 bits per heavy atom. The number of benzene rings is 3. The number of nitrogens with one attached hydrogen (secondary N) is 1. The lowest BCUT2D eigenvalue weighted by Crippen LogP contribution is -2.11. The Bertz CT molecular complexity index is 1170. The van der Waals surface area contributed by atoms with Crippen LogP contribution < -0.4 is 5.32 Å². The summed E-state index contributed by atoms with van der Waals surface area (Å²) < 4.78 is 1.16. The van der Waals surface area contributed by atoms with Crippen LogP contribution in [-0.2, 0) is 17.6 Å². The second kappa shape index (κ2) is 7.57. The number of hydrogen-bond acceptors (Lipinski definition) is 4. The molecule has 4 aromatic rings. The van der Waals surface area contributed by atoms with Crippen molar-refractivity contribution < 1.29 is 4.79 Å². The van der Waals surface area contributed by atoms with Gasteiger partial charge in [-0.2, -0.15) is 0 Å². The van der Waals surface area contributed by atoms with E-state index in [0.717, 1.165) is 35.2 Å². The van der Waals surface area contributed by atoms with E-state index >= 15 is 0 Å². The van der Waals surface area contributed by atoms with Gasteiger partial charge in [0, 0.05) is 16.7 Å². The molecule has 1 aliphatic carbocycles. The van der Waals surface area contributed by atoms with E-state index in [1.165, 1.54) is 26.8 Å². The molecule has 1 N–H and O–H groups in total. The van der Waals surface area contributed by atoms with Crippen molar-refractivity contribution in [2.75, 3.05) is 11.1 Å². The number of carbonyl (C=O) groups excluding carboxylic acids is 1. The van der Waals surface area contributed by atoms with Crippen LogP contribution >= 0.6 is 23.1 Å². The summed E-state index contributed by atoms with van der Waals surface area (Å²) in [4.78, 5) is 18.3. The molecule has 3 nitrogen and oxygen atoms in total. The molecule has 1 aromatic heterocycles. The van der Waals surface area contributed by atoms with Gasteiger partial charge in [0.15, 0.2) is 5.13 Å². The van der Waals surface area contributed by atoms with Gasteiger partial charge in [-0.25, -0.2) is 4.98 Å². The Kier molecular flexibility index (Phi) is 4.79. The SMILES string of the molecule is O=C(CCCSc1ccccc1)Nc1nc2c(cc3c4c(cccc42)CC3)s1. The fraction of sp³-hybridized carbons (Fsp3) is 0.217. The highest BCUT2D eigenvalue weighted by atomic mass is 32.2. The molecule has 0 saturated heterocycles. The van der Waals surface area contributed by atoms with Gasteiger partial charge in [-0.3, -0.25) is 4.79 Å². The van der Waals surface area contributed by atoms with Gasteiger partial charge in [0.05, 0.1) is 10.2 Å². The molecule has 0 bridgehead atoms. The van der Waals surface area contributed by atoms with E-state index < -0.39 is 0 Å². The molecule has 0 fully saturated rings. The largest absolute Gasteiger partial charge is 0.302 e. The Labute approximate surface area is 172 Å². The molecule has 5 rings (SSSR count). The summed E-state index contributed by atoms with van der Waals surface area (Å²) >= 11 is 3.37. The van der Waals surface area contributed by atoms with Gasteiger partial charge in [0.1, 0.15) is 0 Å². The molecule has 5 heteroatoms. The topological polar surface area (TPSA) is 42.0 Å². The molecular formula is C23H20N2OS2. The molecule has 28 heavy (non-hydrogen) atoms. The van der Waals surface area contributed by atoms with E-state index in [4.69, 9.17) is 4.98 Å². The predicted octanol–water partition coefficient (Wildman–Crippen LogP) is 6.06. The first-order valence-electron chi connectivity index (χ1n) is 9.60. The maximum absolute atomic E-state index is 12.3. The van der Waals surface area contributed by atoms with E-state index in [1.54, 1.807) is 23.1 Å². The van der Waals surface area contributed by atoms with Crippen molar-refractivity contribution in [2.24, 2.45) is 0 Å². The van der Waals surface area contributed by atoms with Crippen molar-refractivity contribution >= 4 is 55.1 Å². The highest BCUT2D eigenvalue weighted by Crippen LogP contribution is 2.39. The average Bonchev–Trinajstić information content (AvgIpc) is 3.31. The minimum absolute atomic E-state index is 0.0463. The zero-order valence-corrected chi connectivity index (χ0v) is 17.0. The average molecular weight is 405 g/mol. The number of amides is 1. The molecule has 0 spiro atoms. The van der Waals surface area contributed by atoms with Crippen LogP contribution in [0.2, 0.25) is 0 Å². The normalized spacial score (nSPS) is 12.7. The number of aromatic nitrogens is 1. The van der Waals surface area contributed by atoms with Crippen LogP contribution in [0.3, 0.4) is 0 Å². The Morgan fingerprint density at radius 1 is 1.07 bits per heavy atom. The predicted molar refractivity (Wildman–Crippen MR) is 120 cm³/mol. The van der Waals surface area contributed by atoms with E-state index in [1.807, 2.05) is 18.2 Å². The number of aryl methyl sites for hydroxylation is 2. The Morgan fingerprint density at radius 3 is 2.82 bits per heavy atom. The van der Waals surface area contributed by atoms with E-state index in [2.05, 4.69) is 41.7 Å². The monoisotopic (exact) mass is 404 g/mol. The lowest BCUT2D eigenvalue weighted by Gasteiger charge is -2.02. The lowest BCUT2D eigenvalue weighted by atomic mass is 10.0. The summed E-state index contributed by atoms with van der Waals surface area (Å²) in [7, 11) is 0. The number of nitrogens with zero attached hydrogens (tertiary/aromatic N) is 1. The summed E-state index contributed by atoms with van der Waals surface area (Å²) in [6.45, 7) is 0. The number of anilines is 1. The Hall–Kier alpha value is -2.37.